The third kappa shape index (κ3) is 4.20. The van der Waals surface area contributed by atoms with Gasteiger partial charge in [0.05, 0.1) is 0 Å². The molecule has 0 saturated carbocycles. The van der Waals surface area contributed by atoms with Crippen molar-refractivity contribution in [1.82, 2.24) is 0 Å². The van der Waals surface area contributed by atoms with Gasteiger partial charge >= 0.3 is 0 Å². The second-order valence-corrected chi connectivity index (χ2v) is 4.60. The zero-order valence-corrected chi connectivity index (χ0v) is 12.4. The van der Waals surface area contributed by atoms with Crippen LogP contribution in [0.5, 0.6) is 0 Å². The molecule has 0 spiro atoms. The molecule has 0 aromatic heterocycles. The Labute approximate surface area is 116 Å². The largest absolute Gasteiger partial charge is 0.367 e. The lowest BCUT2D eigenvalue weighted by molar-refractivity contribution is -0.109. The second kappa shape index (κ2) is 8.15. The number of para-hydroxylation sites is 1. The predicted octanol–water partition coefficient (Wildman–Crippen LogP) is 2.16. The molecule has 0 aliphatic carbocycles. The fraction of sp³-hybridized carbons (Fsp3) is 0.600. The van der Waals surface area contributed by atoms with Crippen molar-refractivity contribution in [3.8, 4) is 0 Å². The molecule has 2 N–H and O–H groups in total. The monoisotopic (exact) mass is 266 g/mol. The molecule has 0 fully saturated rings. The number of nitrogens with zero attached hydrogens (tertiary/aromatic N) is 1. The minimum absolute atomic E-state index is 0.205. The number of hydrogen-bond acceptors (Lipinski definition) is 4. The lowest BCUT2D eigenvalue weighted by Gasteiger charge is -2.34. The molecule has 0 aliphatic heterocycles. The van der Waals surface area contributed by atoms with Crippen LogP contribution in [0.25, 0.3) is 0 Å². The predicted molar refractivity (Wildman–Crippen MR) is 79.5 cm³/mol. The van der Waals surface area contributed by atoms with Crippen LogP contribution in [-0.4, -0.2) is 39.6 Å². The Morgan fingerprint density at radius 2 is 1.84 bits per heavy atom. The molecule has 4 heteroatoms. The summed E-state index contributed by atoms with van der Waals surface area (Å²) in [4.78, 5) is 2.32. The number of methoxy groups -OCH3 is 2. The molecule has 0 amide bonds. The van der Waals surface area contributed by atoms with Gasteiger partial charge in [-0.2, -0.15) is 0 Å². The summed E-state index contributed by atoms with van der Waals surface area (Å²) in [6, 6.07) is 8.57. The highest BCUT2D eigenvalue weighted by molar-refractivity contribution is 5.53. The number of anilines is 1. The normalized spacial score (nSPS) is 12.7. The summed E-state index contributed by atoms with van der Waals surface area (Å²) >= 11 is 0. The Kier molecular flexibility index (Phi) is 6.84. The summed E-state index contributed by atoms with van der Waals surface area (Å²) in [5, 5.41) is 0. The van der Waals surface area contributed by atoms with Gasteiger partial charge in [-0.15, -0.1) is 0 Å². The summed E-state index contributed by atoms with van der Waals surface area (Å²) in [5.74, 6) is 0. The van der Waals surface area contributed by atoms with Crippen LogP contribution in [0.3, 0.4) is 0 Å². The van der Waals surface area contributed by atoms with Gasteiger partial charge in [0.15, 0.2) is 6.29 Å². The fourth-order valence-electron chi connectivity index (χ4n) is 2.37. The van der Waals surface area contributed by atoms with Gasteiger partial charge in [0.1, 0.15) is 0 Å². The number of nitrogens with two attached hydrogens (primary N) is 1. The summed E-state index contributed by atoms with van der Waals surface area (Å²) in [6.07, 6.45) is 0.540. The van der Waals surface area contributed by atoms with Crippen molar-refractivity contribution in [3.63, 3.8) is 0 Å². The summed E-state index contributed by atoms with van der Waals surface area (Å²) in [6.45, 7) is 5.75. The van der Waals surface area contributed by atoms with E-state index in [0.29, 0.717) is 6.54 Å². The van der Waals surface area contributed by atoms with Gasteiger partial charge in [-0.3, -0.25) is 0 Å². The van der Waals surface area contributed by atoms with Crippen LogP contribution < -0.4 is 10.6 Å². The first kappa shape index (κ1) is 16.0. The quantitative estimate of drug-likeness (QED) is 0.733. The van der Waals surface area contributed by atoms with Crippen LogP contribution in [0.15, 0.2) is 24.3 Å². The highest BCUT2D eigenvalue weighted by Crippen LogP contribution is 2.23. The van der Waals surface area contributed by atoms with Gasteiger partial charge in [0, 0.05) is 45.5 Å². The molecular formula is C15H26N2O2. The topological polar surface area (TPSA) is 47.7 Å². The molecule has 108 valence electrons. The number of benzene rings is 1. The minimum atomic E-state index is -0.216. The minimum Gasteiger partial charge on any atom is -0.367 e. The van der Waals surface area contributed by atoms with Crippen LogP contribution in [0.2, 0.25) is 0 Å². The van der Waals surface area contributed by atoms with E-state index in [1.807, 2.05) is 0 Å². The summed E-state index contributed by atoms with van der Waals surface area (Å²) < 4.78 is 10.6. The third-order valence-electron chi connectivity index (χ3n) is 3.47. The highest BCUT2D eigenvalue weighted by Gasteiger charge is 2.21. The van der Waals surface area contributed by atoms with Crippen LogP contribution in [0.4, 0.5) is 5.69 Å². The molecule has 4 nitrogen and oxygen atoms in total. The van der Waals surface area contributed by atoms with Crippen LogP contribution in [-0.2, 0) is 9.47 Å². The molecular weight excluding hydrogens is 240 g/mol. The van der Waals surface area contributed by atoms with Crippen molar-refractivity contribution >= 4 is 5.69 Å². The maximum atomic E-state index is 5.94. The Balaban J connectivity index is 2.90. The first-order valence-electron chi connectivity index (χ1n) is 6.75. The van der Waals surface area contributed by atoms with E-state index in [-0.39, 0.29) is 12.3 Å². The van der Waals surface area contributed by atoms with E-state index in [4.69, 9.17) is 15.2 Å². The Hall–Kier alpha value is -1.10. The Morgan fingerprint density at radius 1 is 1.21 bits per heavy atom. The maximum absolute atomic E-state index is 5.94. The molecule has 0 radical (unpaired) electrons. The number of aryl methyl sites for hydroxylation is 1. The lowest BCUT2D eigenvalue weighted by Crippen LogP contribution is -2.43. The van der Waals surface area contributed by atoms with Crippen molar-refractivity contribution in [1.29, 1.82) is 0 Å². The molecule has 1 unspecified atom stereocenters. The first-order valence-corrected chi connectivity index (χ1v) is 6.75. The average molecular weight is 266 g/mol. The van der Waals surface area contributed by atoms with Crippen molar-refractivity contribution in [2.75, 3.05) is 32.2 Å². The van der Waals surface area contributed by atoms with Crippen molar-refractivity contribution in [3.05, 3.63) is 29.8 Å². The SMILES string of the molecule is CCN(c1ccccc1C)C(CN)CC(OC)OC. The standard InChI is InChI=1S/C15H26N2O2/c1-5-17(14-9-7-6-8-12(14)2)13(11-16)10-15(18-3)19-4/h6-9,13,15H,5,10-11,16H2,1-4H3. The lowest BCUT2D eigenvalue weighted by atomic mass is 10.1. The molecule has 0 saturated heterocycles. The molecule has 0 bridgehead atoms. The second-order valence-electron chi connectivity index (χ2n) is 4.60. The molecule has 0 aliphatic rings. The number of rotatable bonds is 8. The van der Waals surface area contributed by atoms with E-state index in [1.54, 1.807) is 14.2 Å². The molecule has 1 aromatic rings. The van der Waals surface area contributed by atoms with E-state index in [9.17, 15) is 0 Å². The summed E-state index contributed by atoms with van der Waals surface area (Å²) in [5.41, 5.74) is 8.43. The van der Waals surface area contributed by atoms with E-state index in [1.165, 1.54) is 11.3 Å². The fourth-order valence-corrected chi connectivity index (χ4v) is 2.37. The highest BCUT2D eigenvalue weighted by atomic mass is 16.7. The molecule has 1 atom stereocenters. The van der Waals surface area contributed by atoms with Crippen molar-refractivity contribution in [2.24, 2.45) is 5.73 Å². The maximum Gasteiger partial charge on any atom is 0.158 e. The van der Waals surface area contributed by atoms with Gasteiger partial charge in [0.2, 0.25) is 0 Å². The van der Waals surface area contributed by atoms with E-state index < -0.39 is 0 Å². The number of ether oxygens (including phenoxy) is 2. The zero-order chi connectivity index (χ0) is 14.3. The van der Waals surface area contributed by atoms with Gasteiger partial charge in [0.25, 0.3) is 0 Å². The van der Waals surface area contributed by atoms with Gasteiger partial charge in [-0.05, 0) is 25.5 Å². The smallest absolute Gasteiger partial charge is 0.158 e. The Morgan fingerprint density at radius 3 is 2.32 bits per heavy atom. The van der Waals surface area contributed by atoms with Gasteiger partial charge < -0.3 is 20.1 Å². The molecule has 19 heavy (non-hydrogen) atoms. The van der Waals surface area contributed by atoms with Crippen molar-refractivity contribution in [2.45, 2.75) is 32.6 Å². The van der Waals surface area contributed by atoms with E-state index in [2.05, 4.69) is 43.0 Å². The van der Waals surface area contributed by atoms with Gasteiger partial charge in [-0.1, -0.05) is 18.2 Å². The molecule has 1 rings (SSSR count). The Bertz CT molecular complexity index is 367. The first-order chi connectivity index (χ1) is 9.17. The van der Waals surface area contributed by atoms with Crippen LogP contribution in [0, 0.1) is 6.92 Å². The summed E-state index contributed by atoms with van der Waals surface area (Å²) in [7, 11) is 3.32. The number of likely N-dealkylation sites (N-methyl/N-ethyl adjacent to an activating group) is 1. The molecule has 0 heterocycles. The van der Waals surface area contributed by atoms with Crippen molar-refractivity contribution < 1.29 is 9.47 Å². The van der Waals surface area contributed by atoms with Crippen LogP contribution in [0.1, 0.15) is 18.9 Å². The third-order valence-corrected chi connectivity index (χ3v) is 3.47. The van der Waals surface area contributed by atoms with Gasteiger partial charge in [-0.25, -0.2) is 0 Å². The zero-order valence-electron chi connectivity index (χ0n) is 12.4. The average Bonchev–Trinajstić information content (AvgIpc) is 2.45. The van der Waals surface area contributed by atoms with E-state index >= 15 is 0 Å². The van der Waals surface area contributed by atoms with Crippen LogP contribution >= 0.6 is 0 Å². The van der Waals surface area contributed by atoms with E-state index in [0.717, 1.165) is 13.0 Å². The molecule has 1 aromatic carbocycles. The number of hydrogen-bond donors (Lipinski definition) is 1.